The lowest BCUT2D eigenvalue weighted by Crippen LogP contribution is -2.14. The van der Waals surface area contributed by atoms with Gasteiger partial charge in [0.25, 0.3) is 5.91 Å². The molecule has 2 aromatic rings. The second-order valence-electron chi connectivity index (χ2n) is 4.18. The summed E-state index contributed by atoms with van der Waals surface area (Å²) in [6.07, 6.45) is 1.70. The van der Waals surface area contributed by atoms with Crippen molar-refractivity contribution in [2.45, 2.75) is 19.8 Å². The summed E-state index contributed by atoms with van der Waals surface area (Å²) in [5.74, 6) is -0.349. The van der Waals surface area contributed by atoms with Crippen LogP contribution in [0.5, 0.6) is 0 Å². The quantitative estimate of drug-likeness (QED) is 0.804. The van der Waals surface area contributed by atoms with E-state index in [9.17, 15) is 4.79 Å². The second kappa shape index (κ2) is 5.75. The third-order valence-corrected chi connectivity index (χ3v) is 2.92. The molecule has 19 heavy (non-hydrogen) atoms. The summed E-state index contributed by atoms with van der Waals surface area (Å²) in [5, 5.41) is 10.0. The zero-order chi connectivity index (χ0) is 13.8. The molecular formula is C13H15ClN4O. The lowest BCUT2D eigenvalue weighted by molar-refractivity contribution is 0.102. The van der Waals surface area contributed by atoms with E-state index < -0.39 is 0 Å². The van der Waals surface area contributed by atoms with Crippen LogP contribution in [0.15, 0.2) is 24.3 Å². The Morgan fingerprint density at radius 1 is 1.53 bits per heavy atom. The summed E-state index contributed by atoms with van der Waals surface area (Å²) in [6.45, 7) is 2.03. The number of nitrogens with zero attached hydrogens (tertiary/aromatic N) is 1. The number of carbonyl (C=O) groups is 1. The van der Waals surface area contributed by atoms with E-state index in [1.54, 1.807) is 24.3 Å². The number of aryl methyl sites for hydroxylation is 1. The third kappa shape index (κ3) is 3.06. The van der Waals surface area contributed by atoms with E-state index in [0.717, 1.165) is 18.5 Å². The first kappa shape index (κ1) is 13.4. The number of aromatic nitrogens is 2. The molecule has 6 heteroatoms. The van der Waals surface area contributed by atoms with Gasteiger partial charge in [-0.15, -0.1) is 0 Å². The highest BCUT2D eigenvalue weighted by molar-refractivity contribution is 6.31. The molecule has 0 aliphatic rings. The van der Waals surface area contributed by atoms with Crippen LogP contribution in [0, 0.1) is 0 Å². The molecule has 0 radical (unpaired) electrons. The van der Waals surface area contributed by atoms with Gasteiger partial charge in [-0.25, -0.2) is 0 Å². The fraction of sp³-hybridized carbons (Fsp3) is 0.231. The molecule has 0 aliphatic carbocycles. The first-order chi connectivity index (χ1) is 9.11. The largest absolute Gasteiger partial charge is 0.395 e. The number of anilines is 2. The molecule has 0 aliphatic heterocycles. The lowest BCUT2D eigenvalue weighted by atomic mass is 10.2. The van der Waals surface area contributed by atoms with Crippen LogP contribution < -0.4 is 11.1 Å². The van der Waals surface area contributed by atoms with Crippen LogP contribution in [0.1, 0.15) is 29.5 Å². The fourth-order valence-electron chi connectivity index (χ4n) is 1.76. The van der Waals surface area contributed by atoms with Crippen LogP contribution in [0.3, 0.4) is 0 Å². The van der Waals surface area contributed by atoms with Crippen molar-refractivity contribution in [1.29, 1.82) is 0 Å². The first-order valence-corrected chi connectivity index (χ1v) is 6.39. The standard InChI is InChI=1S/C13H15ClN4O/c1-2-4-10-11(15)12(18-17-10)13(19)16-9-6-3-5-8(14)7-9/h3,5-7H,2,4,15H2,1H3,(H,16,19)(H,17,18). The Bertz CT molecular complexity index is 594. The van der Waals surface area contributed by atoms with Crippen LogP contribution in [0.25, 0.3) is 0 Å². The summed E-state index contributed by atoms with van der Waals surface area (Å²) in [6, 6.07) is 6.91. The number of halogens is 1. The number of hydrogen-bond acceptors (Lipinski definition) is 3. The Kier molecular flexibility index (Phi) is 4.06. The summed E-state index contributed by atoms with van der Waals surface area (Å²) in [7, 11) is 0. The molecule has 1 amide bonds. The fourth-order valence-corrected chi connectivity index (χ4v) is 1.95. The molecule has 5 nitrogen and oxygen atoms in total. The molecule has 0 spiro atoms. The number of nitrogen functional groups attached to an aromatic ring is 1. The second-order valence-corrected chi connectivity index (χ2v) is 4.62. The number of amides is 1. The van der Waals surface area contributed by atoms with Crippen molar-refractivity contribution in [3.63, 3.8) is 0 Å². The molecule has 2 rings (SSSR count). The molecule has 1 aromatic heterocycles. The van der Waals surface area contributed by atoms with Gasteiger partial charge in [0.05, 0.1) is 11.4 Å². The lowest BCUT2D eigenvalue weighted by Gasteiger charge is -2.04. The van der Waals surface area contributed by atoms with Crippen molar-refractivity contribution < 1.29 is 4.79 Å². The van der Waals surface area contributed by atoms with Crippen molar-refractivity contribution in [2.75, 3.05) is 11.1 Å². The Labute approximate surface area is 116 Å². The van der Waals surface area contributed by atoms with Gasteiger partial charge < -0.3 is 11.1 Å². The summed E-state index contributed by atoms with van der Waals surface area (Å²) in [4.78, 5) is 12.0. The molecule has 4 N–H and O–H groups in total. The van der Waals surface area contributed by atoms with Gasteiger partial charge in [0.1, 0.15) is 0 Å². The minimum atomic E-state index is -0.349. The van der Waals surface area contributed by atoms with Crippen molar-refractivity contribution in [1.82, 2.24) is 10.2 Å². The molecular weight excluding hydrogens is 264 g/mol. The molecule has 0 bridgehead atoms. The third-order valence-electron chi connectivity index (χ3n) is 2.68. The molecule has 0 saturated carbocycles. The van der Waals surface area contributed by atoms with Crippen LogP contribution in [0.4, 0.5) is 11.4 Å². The highest BCUT2D eigenvalue weighted by Gasteiger charge is 2.16. The van der Waals surface area contributed by atoms with Crippen LogP contribution >= 0.6 is 11.6 Å². The van der Waals surface area contributed by atoms with Crippen molar-refractivity contribution in [3.8, 4) is 0 Å². The zero-order valence-electron chi connectivity index (χ0n) is 10.5. The number of benzene rings is 1. The monoisotopic (exact) mass is 278 g/mol. The van der Waals surface area contributed by atoms with Gasteiger partial charge in [-0.2, -0.15) is 5.10 Å². The number of hydrogen-bond donors (Lipinski definition) is 3. The van der Waals surface area contributed by atoms with Gasteiger partial charge in [-0.05, 0) is 24.6 Å². The molecule has 0 unspecified atom stereocenters. The highest BCUT2D eigenvalue weighted by atomic mass is 35.5. The number of carbonyl (C=O) groups excluding carboxylic acids is 1. The summed E-state index contributed by atoms with van der Waals surface area (Å²) >= 11 is 5.85. The van der Waals surface area contributed by atoms with E-state index in [2.05, 4.69) is 15.5 Å². The Hall–Kier alpha value is -2.01. The van der Waals surface area contributed by atoms with Gasteiger partial charge in [-0.3, -0.25) is 9.89 Å². The van der Waals surface area contributed by atoms with Crippen molar-refractivity contribution in [2.24, 2.45) is 0 Å². The van der Waals surface area contributed by atoms with E-state index in [1.807, 2.05) is 6.92 Å². The number of H-pyrrole nitrogens is 1. The molecule has 1 aromatic carbocycles. The minimum Gasteiger partial charge on any atom is -0.395 e. The summed E-state index contributed by atoms with van der Waals surface area (Å²) in [5.41, 5.74) is 7.91. The van der Waals surface area contributed by atoms with E-state index in [-0.39, 0.29) is 11.6 Å². The SMILES string of the molecule is CCCc1[nH]nc(C(=O)Nc2cccc(Cl)c2)c1N. The van der Waals surface area contributed by atoms with Crippen LogP contribution in [0.2, 0.25) is 5.02 Å². The Balaban J connectivity index is 2.16. The summed E-state index contributed by atoms with van der Waals surface area (Å²) < 4.78 is 0. The molecule has 1 heterocycles. The van der Waals surface area contributed by atoms with Gasteiger partial charge >= 0.3 is 0 Å². The molecule has 0 atom stereocenters. The van der Waals surface area contributed by atoms with Crippen molar-refractivity contribution in [3.05, 3.63) is 40.7 Å². The predicted molar refractivity (Wildman–Crippen MR) is 76.4 cm³/mol. The highest BCUT2D eigenvalue weighted by Crippen LogP contribution is 2.19. The van der Waals surface area contributed by atoms with E-state index >= 15 is 0 Å². The normalized spacial score (nSPS) is 10.4. The number of nitrogens with two attached hydrogens (primary N) is 1. The van der Waals surface area contributed by atoms with Gasteiger partial charge in [0, 0.05) is 10.7 Å². The van der Waals surface area contributed by atoms with Gasteiger partial charge in [0.2, 0.25) is 0 Å². The maximum Gasteiger partial charge on any atom is 0.278 e. The van der Waals surface area contributed by atoms with Crippen LogP contribution in [-0.2, 0) is 6.42 Å². The maximum absolute atomic E-state index is 12.0. The number of rotatable bonds is 4. The average Bonchev–Trinajstić information content (AvgIpc) is 2.72. The smallest absolute Gasteiger partial charge is 0.278 e. The predicted octanol–water partition coefficient (Wildman–Crippen LogP) is 2.85. The topological polar surface area (TPSA) is 83.8 Å². The minimum absolute atomic E-state index is 0.212. The van der Waals surface area contributed by atoms with Gasteiger partial charge in [0.15, 0.2) is 5.69 Å². The van der Waals surface area contributed by atoms with E-state index in [0.29, 0.717) is 16.4 Å². The van der Waals surface area contributed by atoms with E-state index in [1.165, 1.54) is 0 Å². The Morgan fingerprint density at radius 2 is 2.32 bits per heavy atom. The Morgan fingerprint density at radius 3 is 3.00 bits per heavy atom. The maximum atomic E-state index is 12.0. The number of nitrogens with one attached hydrogen (secondary N) is 2. The first-order valence-electron chi connectivity index (χ1n) is 6.01. The van der Waals surface area contributed by atoms with Crippen molar-refractivity contribution >= 4 is 28.9 Å². The number of aromatic amines is 1. The average molecular weight is 279 g/mol. The van der Waals surface area contributed by atoms with E-state index in [4.69, 9.17) is 17.3 Å². The van der Waals surface area contributed by atoms with Gasteiger partial charge in [-0.1, -0.05) is 31.0 Å². The molecule has 100 valence electrons. The molecule has 0 fully saturated rings. The van der Waals surface area contributed by atoms with Crippen LogP contribution in [-0.4, -0.2) is 16.1 Å². The molecule has 0 saturated heterocycles. The zero-order valence-corrected chi connectivity index (χ0v) is 11.3.